The van der Waals surface area contributed by atoms with Gasteiger partial charge < -0.3 is 19.7 Å². The molecule has 2 saturated heterocycles. The number of morpholine rings is 1. The minimum Gasteiger partial charge on any atom is -0.466 e. The molecule has 0 saturated carbocycles. The minimum absolute atomic E-state index is 0.0400. The number of esters is 1. The van der Waals surface area contributed by atoms with Crippen molar-refractivity contribution in [2.45, 2.75) is 26.7 Å². The normalized spacial score (nSPS) is 23.2. The predicted octanol–water partition coefficient (Wildman–Crippen LogP) is 0.559. The number of guanidine groups is 1. The highest BCUT2D eigenvalue weighted by Gasteiger charge is 2.28. The second-order valence-corrected chi connectivity index (χ2v) is 6.23. The summed E-state index contributed by atoms with van der Waals surface area (Å²) in [6.07, 6.45) is 1.90. The van der Waals surface area contributed by atoms with E-state index in [2.05, 4.69) is 22.0 Å². The van der Waals surface area contributed by atoms with Crippen LogP contribution in [0.2, 0.25) is 0 Å². The zero-order valence-corrected chi connectivity index (χ0v) is 15.1. The molecule has 0 radical (unpaired) electrons. The Morgan fingerprint density at radius 3 is 2.79 bits per heavy atom. The van der Waals surface area contributed by atoms with E-state index in [1.165, 1.54) is 0 Å². The molecule has 2 aliphatic heterocycles. The Morgan fingerprint density at radius 1 is 1.29 bits per heavy atom. The van der Waals surface area contributed by atoms with E-state index in [-0.39, 0.29) is 11.9 Å². The monoisotopic (exact) mass is 340 g/mol. The van der Waals surface area contributed by atoms with Gasteiger partial charge in [0.25, 0.3) is 0 Å². The Bertz CT molecular complexity index is 411. The van der Waals surface area contributed by atoms with Gasteiger partial charge in [-0.3, -0.25) is 14.7 Å². The van der Waals surface area contributed by atoms with E-state index in [1.807, 2.05) is 6.92 Å². The second kappa shape index (κ2) is 10.5. The Labute approximate surface area is 145 Å². The summed E-state index contributed by atoms with van der Waals surface area (Å²) in [6, 6.07) is 0. The molecule has 2 fully saturated rings. The number of carbonyl (C=O) groups is 1. The summed E-state index contributed by atoms with van der Waals surface area (Å²) in [5, 5.41) is 3.36. The molecular weight excluding hydrogens is 308 g/mol. The van der Waals surface area contributed by atoms with Crippen LogP contribution in [0.15, 0.2) is 4.99 Å². The van der Waals surface area contributed by atoms with Crippen molar-refractivity contribution in [1.29, 1.82) is 0 Å². The molecule has 1 N–H and O–H groups in total. The molecule has 0 aromatic rings. The van der Waals surface area contributed by atoms with Crippen molar-refractivity contribution in [3.8, 4) is 0 Å². The zero-order valence-electron chi connectivity index (χ0n) is 15.1. The molecule has 0 aromatic carbocycles. The van der Waals surface area contributed by atoms with Crippen molar-refractivity contribution in [1.82, 2.24) is 15.1 Å². The van der Waals surface area contributed by atoms with Gasteiger partial charge in [0.05, 0.1) is 32.3 Å². The molecule has 0 bridgehead atoms. The first-order valence-corrected chi connectivity index (χ1v) is 9.24. The van der Waals surface area contributed by atoms with E-state index in [0.717, 1.165) is 71.3 Å². The van der Waals surface area contributed by atoms with Crippen LogP contribution in [-0.4, -0.2) is 87.4 Å². The highest BCUT2D eigenvalue weighted by atomic mass is 16.5. The molecule has 24 heavy (non-hydrogen) atoms. The summed E-state index contributed by atoms with van der Waals surface area (Å²) in [5.41, 5.74) is 0. The van der Waals surface area contributed by atoms with Gasteiger partial charge in [0, 0.05) is 39.3 Å². The Kier molecular flexibility index (Phi) is 8.32. The molecule has 1 atom stereocenters. The molecule has 2 aliphatic rings. The molecule has 0 aromatic heterocycles. The van der Waals surface area contributed by atoms with Gasteiger partial charge in [-0.2, -0.15) is 0 Å². The molecule has 138 valence electrons. The van der Waals surface area contributed by atoms with Gasteiger partial charge >= 0.3 is 5.97 Å². The fraction of sp³-hybridized carbons (Fsp3) is 0.882. The van der Waals surface area contributed by atoms with Crippen molar-refractivity contribution in [3.05, 3.63) is 0 Å². The third kappa shape index (κ3) is 5.94. The molecular formula is C17H32N4O3. The maximum absolute atomic E-state index is 12.0. The lowest BCUT2D eigenvalue weighted by Crippen LogP contribution is -2.48. The van der Waals surface area contributed by atoms with Gasteiger partial charge in [-0.15, -0.1) is 0 Å². The summed E-state index contributed by atoms with van der Waals surface area (Å²) in [5.74, 6) is 0.799. The van der Waals surface area contributed by atoms with E-state index in [9.17, 15) is 4.79 Å². The van der Waals surface area contributed by atoms with Crippen LogP contribution in [0.5, 0.6) is 0 Å². The van der Waals surface area contributed by atoms with Crippen LogP contribution in [0.4, 0.5) is 0 Å². The van der Waals surface area contributed by atoms with E-state index < -0.39 is 0 Å². The fourth-order valence-corrected chi connectivity index (χ4v) is 3.17. The second-order valence-electron chi connectivity index (χ2n) is 6.23. The van der Waals surface area contributed by atoms with Crippen molar-refractivity contribution < 1.29 is 14.3 Å². The maximum Gasteiger partial charge on any atom is 0.310 e. The zero-order chi connectivity index (χ0) is 17.2. The van der Waals surface area contributed by atoms with Crippen molar-refractivity contribution in [3.63, 3.8) is 0 Å². The van der Waals surface area contributed by atoms with E-state index in [4.69, 9.17) is 14.5 Å². The smallest absolute Gasteiger partial charge is 0.310 e. The Balaban J connectivity index is 1.87. The number of hydrogen-bond donors (Lipinski definition) is 1. The van der Waals surface area contributed by atoms with Gasteiger partial charge in [-0.1, -0.05) is 0 Å². The number of carbonyl (C=O) groups excluding carboxylic acids is 1. The van der Waals surface area contributed by atoms with E-state index in [1.54, 1.807) is 0 Å². The lowest BCUT2D eigenvalue weighted by Gasteiger charge is -2.34. The largest absolute Gasteiger partial charge is 0.466 e. The lowest BCUT2D eigenvalue weighted by atomic mass is 9.98. The van der Waals surface area contributed by atoms with Crippen molar-refractivity contribution in [2.75, 3.05) is 65.6 Å². The maximum atomic E-state index is 12.0. The average molecular weight is 340 g/mol. The molecule has 1 unspecified atom stereocenters. The molecule has 2 rings (SSSR count). The molecule has 0 spiro atoms. The number of piperidine rings is 1. The van der Waals surface area contributed by atoms with E-state index in [0.29, 0.717) is 13.2 Å². The summed E-state index contributed by atoms with van der Waals surface area (Å²) in [7, 11) is 0. The van der Waals surface area contributed by atoms with Crippen LogP contribution in [0.1, 0.15) is 26.7 Å². The SMILES string of the molecule is CCNC(=NCCN1CCOCC1)N1CCCC(C(=O)OCC)C1. The first kappa shape index (κ1) is 19.0. The summed E-state index contributed by atoms with van der Waals surface area (Å²) < 4.78 is 10.6. The Hall–Kier alpha value is -1.34. The number of rotatable bonds is 6. The topological polar surface area (TPSA) is 66.4 Å². The first-order valence-electron chi connectivity index (χ1n) is 9.24. The number of aliphatic imine (C=N–C) groups is 1. The van der Waals surface area contributed by atoms with Crippen LogP contribution in [-0.2, 0) is 14.3 Å². The third-order valence-electron chi connectivity index (χ3n) is 4.46. The van der Waals surface area contributed by atoms with E-state index >= 15 is 0 Å². The number of hydrogen-bond acceptors (Lipinski definition) is 5. The van der Waals surface area contributed by atoms with Gasteiger partial charge in [0.2, 0.25) is 0 Å². The molecule has 0 amide bonds. The number of nitrogens with zero attached hydrogens (tertiary/aromatic N) is 3. The predicted molar refractivity (Wildman–Crippen MR) is 94.2 cm³/mol. The van der Waals surface area contributed by atoms with Gasteiger partial charge in [-0.05, 0) is 26.7 Å². The lowest BCUT2D eigenvalue weighted by molar-refractivity contribution is -0.149. The Morgan fingerprint density at radius 2 is 2.08 bits per heavy atom. The van der Waals surface area contributed by atoms with Crippen LogP contribution >= 0.6 is 0 Å². The van der Waals surface area contributed by atoms with Gasteiger partial charge in [-0.25, -0.2) is 0 Å². The van der Waals surface area contributed by atoms with Crippen LogP contribution in [0.3, 0.4) is 0 Å². The van der Waals surface area contributed by atoms with Gasteiger partial charge in [0.15, 0.2) is 5.96 Å². The molecule has 7 heteroatoms. The highest BCUT2D eigenvalue weighted by molar-refractivity contribution is 5.81. The number of likely N-dealkylation sites (tertiary alicyclic amines) is 1. The molecule has 0 aliphatic carbocycles. The minimum atomic E-state index is -0.0774. The highest BCUT2D eigenvalue weighted by Crippen LogP contribution is 2.18. The third-order valence-corrected chi connectivity index (χ3v) is 4.46. The number of nitrogens with one attached hydrogen (secondary N) is 1. The average Bonchev–Trinajstić information content (AvgIpc) is 2.62. The molecule has 7 nitrogen and oxygen atoms in total. The fourth-order valence-electron chi connectivity index (χ4n) is 3.17. The van der Waals surface area contributed by atoms with Gasteiger partial charge in [0.1, 0.15) is 0 Å². The molecule has 2 heterocycles. The van der Waals surface area contributed by atoms with Crippen molar-refractivity contribution >= 4 is 11.9 Å². The quantitative estimate of drug-likeness (QED) is 0.433. The van der Waals surface area contributed by atoms with Crippen molar-refractivity contribution in [2.24, 2.45) is 10.9 Å². The van der Waals surface area contributed by atoms with Crippen LogP contribution in [0.25, 0.3) is 0 Å². The number of ether oxygens (including phenoxy) is 2. The standard InChI is InChI=1S/C17H32N4O3/c1-3-18-17(19-7-9-20-10-12-23-13-11-20)21-8-5-6-15(14-21)16(22)24-4-2/h15H,3-14H2,1-2H3,(H,18,19). The summed E-state index contributed by atoms with van der Waals surface area (Å²) >= 11 is 0. The first-order chi connectivity index (χ1) is 11.7. The summed E-state index contributed by atoms with van der Waals surface area (Å²) in [4.78, 5) is 21.4. The summed E-state index contributed by atoms with van der Waals surface area (Å²) in [6.45, 7) is 12.2. The van der Waals surface area contributed by atoms with Crippen LogP contribution < -0.4 is 5.32 Å². The van der Waals surface area contributed by atoms with Crippen LogP contribution in [0, 0.1) is 5.92 Å².